The fourth-order valence-corrected chi connectivity index (χ4v) is 5.11. The van der Waals surface area contributed by atoms with Crippen LogP contribution in [0.2, 0.25) is 20.1 Å². The Morgan fingerprint density at radius 3 is 2.13 bits per heavy atom. The summed E-state index contributed by atoms with van der Waals surface area (Å²) >= 11 is 23.9. The second-order valence-electron chi connectivity index (χ2n) is 6.38. The van der Waals surface area contributed by atoms with Gasteiger partial charge < -0.3 is 4.90 Å². The molecule has 0 spiro atoms. The molecule has 0 heterocycles. The normalized spacial score (nSPS) is 12.3. The Morgan fingerprint density at radius 2 is 1.58 bits per heavy atom. The largest absolute Gasteiger partial charge is 0.416 e. The monoisotopic (exact) mass is 537 g/mol. The molecule has 0 atom stereocenters. The molecule has 2 aromatic carbocycles. The van der Waals surface area contributed by atoms with Crippen molar-refractivity contribution in [2.24, 2.45) is 0 Å². The highest BCUT2D eigenvalue weighted by atomic mass is 35.5. The van der Waals surface area contributed by atoms with Crippen molar-refractivity contribution in [3.63, 3.8) is 0 Å². The average Bonchev–Trinajstić information content (AvgIpc) is 2.65. The minimum absolute atomic E-state index is 0.00497. The predicted octanol–water partition coefficient (Wildman–Crippen LogP) is 6.02. The van der Waals surface area contributed by atoms with Crippen LogP contribution >= 0.6 is 46.4 Å². The maximum absolute atomic E-state index is 13.0. The van der Waals surface area contributed by atoms with E-state index in [0.29, 0.717) is 13.0 Å². The number of rotatable bonds is 9. The fraction of sp³-hybridized carbons (Fsp3) is 0.333. The van der Waals surface area contributed by atoms with E-state index < -0.39 is 21.8 Å². The second-order valence-corrected chi connectivity index (χ2v) is 9.69. The Morgan fingerprint density at radius 1 is 0.968 bits per heavy atom. The van der Waals surface area contributed by atoms with Crippen LogP contribution in [0.15, 0.2) is 35.2 Å². The molecule has 0 saturated carbocycles. The Kier molecular flexibility index (Phi) is 9.15. The van der Waals surface area contributed by atoms with Gasteiger partial charge in [0, 0.05) is 24.7 Å². The first-order valence-electron chi connectivity index (χ1n) is 8.87. The minimum atomic E-state index is -4.58. The number of hydrazine groups is 1. The summed E-state index contributed by atoms with van der Waals surface area (Å²) in [5.74, 6) is 0. The first kappa shape index (κ1) is 26.3. The Bertz CT molecular complexity index is 1010. The fourth-order valence-electron chi connectivity index (χ4n) is 2.71. The van der Waals surface area contributed by atoms with Crippen molar-refractivity contribution >= 4 is 62.1 Å². The molecule has 2 N–H and O–H groups in total. The summed E-state index contributed by atoms with van der Waals surface area (Å²) in [6.45, 7) is 2.59. The van der Waals surface area contributed by atoms with Gasteiger partial charge in [-0.15, -0.1) is 4.83 Å². The molecule has 13 heteroatoms. The molecule has 0 aliphatic heterocycles. The standard InChI is InChI=1S/C18H18Cl4F3N3O2S/c1-2-6-28(17-14(21)8-11(9-15(17)22)18(23,24)25)7-5-26-27-31(29,30)16-10-12(19)3-4-13(16)20/h3-4,8-10,26-27H,2,5-7H2,1H3. The zero-order chi connectivity index (χ0) is 23.4. The molecular formula is C18H18Cl4F3N3O2S. The van der Waals surface area contributed by atoms with Crippen molar-refractivity contribution in [2.75, 3.05) is 24.5 Å². The highest BCUT2D eigenvalue weighted by molar-refractivity contribution is 7.89. The van der Waals surface area contributed by atoms with Crippen LogP contribution in [-0.4, -0.2) is 28.1 Å². The molecular weight excluding hydrogens is 521 g/mol. The average molecular weight is 539 g/mol. The third kappa shape index (κ3) is 7.02. The van der Waals surface area contributed by atoms with Crippen LogP contribution < -0.4 is 15.2 Å². The van der Waals surface area contributed by atoms with Crippen molar-refractivity contribution in [1.29, 1.82) is 0 Å². The lowest BCUT2D eigenvalue weighted by Crippen LogP contribution is -2.42. The predicted molar refractivity (Wildman–Crippen MR) is 119 cm³/mol. The SMILES string of the molecule is CCCN(CCNNS(=O)(=O)c1cc(Cl)ccc1Cl)c1c(Cl)cc(C(F)(F)F)cc1Cl. The van der Waals surface area contributed by atoms with Crippen LogP contribution in [0, 0.1) is 0 Å². The molecule has 0 bridgehead atoms. The lowest BCUT2D eigenvalue weighted by Gasteiger charge is -2.27. The Labute approximate surface area is 198 Å². The molecule has 0 radical (unpaired) electrons. The maximum Gasteiger partial charge on any atom is 0.416 e. The molecule has 0 amide bonds. The zero-order valence-corrected chi connectivity index (χ0v) is 19.9. The van der Waals surface area contributed by atoms with E-state index in [0.717, 1.165) is 12.1 Å². The number of nitrogens with one attached hydrogen (secondary N) is 2. The summed E-state index contributed by atoms with van der Waals surface area (Å²) in [6, 6.07) is 5.64. The Balaban J connectivity index is 2.11. The van der Waals surface area contributed by atoms with E-state index in [1.165, 1.54) is 18.2 Å². The number of sulfonamides is 1. The van der Waals surface area contributed by atoms with Gasteiger partial charge >= 0.3 is 6.18 Å². The van der Waals surface area contributed by atoms with Crippen LogP contribution in [0.3, 0.4) is 0 Å². The number of alkyl halides is 3. The number of halogens is 7. The molecule has 0 aromatic heterocycles. The molecule has 5 nitrogen and oxygen atoms in total. The first-order valence-corrected chi connectivity index (χ1v) is 11.9. The number of hydrogen-bond acceptors (Lipinski definition) is 4. The van der Waals surface area contributed by atoms with E-state index in [4.69, 9.17) is 46.4 Å². The van der Waals surface area contributed by atoms with Crippen molar-refractivity contribution in [3.8, 4) is 0 Å². The summed E-state index contributed by atoms with van der Waals surface area (Å²) in [6.07, 6.45) is -3.93. The molecule has 0 fully saturated rings. The molecule has 0 unspecified atom stereocenters. The maximum atomic E-state index is 13.0. The van der Waals surface area contributed by atoms with Crippen molar-refractivity contribution in [3.05, 3.63) is 56.0 Å². The zero-order valence-electron chi connectivity index (χ0n) is 16.0. The minimum Gasteiger partial charge on any atom is -0.368 e. The van der Waals surface area contributed by atoms with Gasteiger partial charge in [0.15, 0.2) is 0 Å². The van der Waals surface area contributed by atoms with E-state index >= 15 is 0 Å². The molecule has 0 aliphatic rings. The number of hydrogen-bond donors (Lipinski definition) is 2. The molecule has 2 aromatic rings. The number of nitrogens with zero attached hydrogens (tertiary/aromatic N) is 1. The highest BCUT2D eigenvalue weighted by Gasteiger charge is 2.32. The van der Waals surface area contributed by atoms with Crippen molar-refractivity contribution < 1.29 is 21.6 Å². The first-order chi connectivity index (χ1) is 14.4. The van der Waals surface area contributed by atoms with E-state index in [1.807, 2.05) is 6.92 Å². The Hall–Kier alpha value is -0.940. The van der Waals surface area contributed by atoms with Gasteiger partial charge in [-0.25, -0.2) is 13.8 Å². The van der Waals surface area contributed by atoms with Gasteiger partial charge in [0.05, 0.1) is 26.3 Å². The smallest absolute Gasteiger partial charge is 0.368 e. The molecule has 0 saturated heterocycles. The van der Waals surface area contributed by atoms with Gasteiger partial charge in [0.25, 0.3) is 10.0 Å². The van der Waals surface area contributed by atoms with Crippen LogP contribution in [-0.2, 0) is 16.2 Å². The van der Waals surface area contributed by atoms with Gasteiger partial charge in [-0.1, -0.05) is 53.3 Å². The number of benzene rings is 2. The van der Waals surface area contributed by atoms with Crippen molar-refractivity contribution in [2.45, 2.75) is 24.4 Å². The summed E-state index contributed by atoms with van der Waals surface area (Å²) in [5, 5.41) is -0.112. The van der Waals surface area contributed by atoms with Gasteiger partial charge in [0.2, 0.25) is 0 Å². The van der Waals surface area contributed by atoms with E-state index in [-0.39, 0.29) is 43.8 Å². The van der Waals surface area contributed by atoms with E-state index in [1.54, 1.807) is 4.90 Å². The number of anilines is 1. The third-order valence-electron chi connectivity index (χ3n) is 4.05. The van der Waals surface area contributed by atoms with Crippen LogP contribution in [0.5, 0.6) is 0 Å². The highest BCUT2D eigenvalue weighted by Crippen LogP contribution is 2.40. The second kappa shape index (κ2) is 10.8. The van der Waals surface area contributed by atoms with Crippen molar-refractivity contribution in [1.82, 2.24) is 10.3 Å². The summed E-state index contributed by atoms with van der Waals surface area (Å²) in [4.78, 5) is 3.65. The van der Waals surface area contributed by atoms with Crippen LogP contribution in [0.4, 0.5) is 18.9 Å². The molecule has 172 valence electrons. The van der Waals surface area contributed by atoms with Gasteiger partial charge in [-0.05, 0) is 36.8 Å². The summed E-state index contributed by atoms with van der Waals surface area (Å²) < 4.78 is 63.7. The summed E-state index contributed by atoms with van der Waals surface area (Å²) in [5.41, 5.74) is 1.84. The van der Waals surface area contributed by atoms with Gasteiger partial charge in [-0.3, -0.25) is 0 Å². The van der Waals surface area contributed by atoms with Gasteiger partial charge in [0.1, 0.15) is 4.90 Å². The topological polar surface area (TPSA) is 61.4 Å². The third-order valence-corrected chi connectivity index (χ3v) is 6.63. The van der Waals surface area contributed by atoms with E-state index in [2.05, 4.69) is 10.3 Å². The quantitative estimate of drug-likeness (QED) is 0.303. The summed E-state index contributed by atoms with van der Waals surface area (Å²) in [7, 11) is -4.00. The lowest BCUT2D eigenvalue weighted by molar-refractivity contribution is -0.137. The van der Waals surface area contributed by atoms with Gasteiger partial charge in [-0.2, -0.15) is 13.2 Å². The molecule has 31 heavy (non-hydrogen) atoms. The van der Waals surface area contributed by atoms with Crippen LogP contribution in [0.25, 0.3) is 0 Å². The molecule has 2 rings (SSSR count). The lowest BCUT2D eigenvalue weighted by atomic mass is 10.1. The molecule has 0 aliphatic carbocycles. The van der Waals surface area contributed by atoms with E-state index in [9.17, 15) is 21.6 Å². The van der Waals surface area contributed by atoms with Crippen LogP contribution in [0.1, 0.15) is 18.9 Å².